The molecule has 0 bridgehead atoms. The Morgan fingerprint density at radius 1 is 1.37 bits per heavy atom. The van der Waals surface area contributed by atoms with E-state index in [1.165, 1.54) is 6.92 Å². The molecule has 1 saturated carbocycles. The first-order valence-electron chi connectivity index (χ1n) is 8.83. The minimum absolute atomic E-state index is 0.0690. The first kappa shape index (κ1) is 17.7. The van der Waals surface area contributed by atoms with Gasteiger partial charge in [0.1, 0.15) is 11.8 Å². The van der Waals surface area contributed by atoms with E-state index >= 15 is 0 Å². The number of benzene rings is 1. The van der Waals surface area contributed by atoms with Crippen LogP contribution in [0.1, 0.15) is 19.8 Å². The minimum atomic E-state index is -0.770. The predicted octanol–water partition coefficient (Wildman–Crippen LogP) is 2.05. The van der Waals surface area contributed by atoms with Crippen LogP contribution in [0.3, 0.4) is 0 Å². The van der Waals surface area contributed by atoms with E-state index in [2.05, 4.69) is 5.32 Å². The number of halogens is 2. The Balaban J connectivity index is 1.53. The molecule has 1 aromatic carbocycles. The van der Waals surface area contributed by atoms with Crippen LogP contribution in [0.2, 0.25) is 0 Å². The highest BCUT2D eigenvalue weighted by molar-refractivity contribution is 5.97. The molecular formula is C18H20F2N4O3. The number of nitrogens with zero attached hydrogens (tertiary/aromatic N) is 2. The van der Waals surface area contributed by atoms with Gasteiger partial charge in [0.05, 0.1) is 25.3 Å². The van der Waals surface area contributed by atoms with Crippen LogP contribution in [0.25, 0.3) is 0 Å². The fraction of sp³-hybridized carbons (Fsp3) is 0.500. The maximum absolute atomic E-state index is 14.7. The van der Waals surface area contributed by atoms with Crippen LogP contribution in [-0.2, 0) is 9.53 Å². The van der Waals surface area contributed by atoms with Crippen molar-refractivity contribution in [1.82, 2.24) is 5.32 Å². The normalized spacial score (nSPS) is 23.1. The van der Waals surface area contributed by atoms with Gasteiger partial charge in [0.25, 0.3) is 0 Å². The molecule has 0 radical (unpaired) electrons. The summed E-state index contributed by atoms with van der Waals surface area (Å²) in [6, 6.07) is 2.23. The highest BCUT2D eigenvalue weighted by Gasteiger charge is 2.53. The third-order valence-corrected chi connectivity index (χ3v) is 5.42. The van der Waals surface area contributed by atoms with E-state index in [1.54, 1.807) is 4.90 Å². The van der Waals surface area contributed by atoms with Gasteiger partial charge in [-0.1, -0.05) is 0 Å². The van der Waals surface area contributed by atoms with Crippen molar-refractivity contribution in [2.24, 2.45) is 5.41 Å². The molecule has 1 aromatic rings. The molecule has 0 aromatic heterocycles. The zero-order chi connectivity index (χ0) is 19.3. The lowest BCUT2D eigenvalue weighted by Crippen LogP contribution is -2.33. The summed E-state index contributed by atoms with van der Waals surface area (Å²) in [5.41, 5.74) is 0.233. The van der Waals surface area contributed by atoms with Gasteiger partial charge < -0.3 is 20.4 Å². The van der Waals surface area contributed by atoms with Gasteiger partial charge in [-0.2, -0.15) is 0 Å². The molecule has 2 saturated heterocycles. The second-order valence-corrected chi connectivity index (χ2v) is 7.43. The maximum atomic E-state index is 14.7. The van der Waals surface area contributed by atoms with Crippen molar-refractivity contribution >= 4 is 29.1 Å². The van der Waals surface area contributed by atoms with Gasteiger partial charge in [0, 0.05) is 36.7 Å². The molecule has 0 unspecified atom stereocenters. The fourth-order valence-electron chi connectivity index (χ4n) is 3.75. The van der Waals surface area contributed by atoms with Crippen LogP contribution in [-0.4, -0.2) is 50.0 Å². The molecule has 9 heteroatoms. The second kappa shape index (κ2) is 6.17. The number of rotatable bonds is 4. The summed E-state index contributed by atoms with van der Waals surface area (Å²) in [6.07, 6.45) is 0.482. The van der Waals surface area contributed by atoms with E-state index in [0.717, 1.165) is 29.9 Å². The summed E-state index contributed by atoms with van der Waals surface area (Å²) in [4.78, 5) is 25.7. The van der Waals surface area contributed by atoms with Gasteiger partial charge in [-0.3, -0.25) is 9.69 Å². The average molecular weight is 378 g/mol. The monoisotopic (exact) mass is 378 g/mol. The lowest BCUT2D eigenvalue weighted by Gasteiger charge is -2.21. The third kappa shape index (κ3) is 3.11. The van der Waals surface area contributed by atoms with Gasteiger partial charge in [-0.05, 0) is 12.8 Å². The third-order valence-electron chi connectivity index (χ3n) is 5.42. The van der Waals surface area contributed by atoms with Crippen molar-refractivity contribution in [2.75, 3.05) is 36.0 Å². The molecule has 7 nitrogen and oxygen atoms in total. The Hall–Kier alpha value is -2.71. The Morgan fingerprint density at radius 2 is 2.04 bits per heavy atom. The zero-order valence-electron chi connectivity index (χ0n) is 14.8. The molecule has 27 heavy (non-hydrogen) atoms. The van der Waals surface area contributed by atoms with Crippen molar-refractivity contribution in [2.45, 2.75) is 25.9 Å². The number of cyclic esters (lactones) is 1. The standard InChI is InChI=1S/C18H20F2N4O3/c1-10(25)22-6-12-7-24(17(26)27-12)11-4-13(19)16(14(20)5-11)23-8-15(21)18(9-23)2-3-18/h4-5,12,21H,2-3,6-9H2,1H3,(H,22,25)/t12-/m0/s1. The average Bonchev–Trinajstić information content (AvgIpc) is 3.16. The van der Waals surface area contributed by atoms with E-state index in [-0.39, 0.29) is 42.3 Å². The van der Waals surface area contributed by atoms with E-state index in [1.807, 2.05) is 0 Å². The maximum Gasteiger partial charge on any atom is 0.414 e. The summed E-state index contributed by atoms with van der Waals surface area (Å²) in [5, 5.41) is 10.6. The molecule has 2 heterocycles. The van der Waals surface area contributed by atoms with Gasteiger partial charge >= 0.3 is 6.09 Å². The van der Waals surface area contributed by atoms with Gasteiger partial charge in [0.15, 0.2) is 11.6 Å². The number of hydrogen-bond donors (Lipinski definition) is 2. The van der Waals surface area contributed by atoms with E-state index in [9.17, 15) is 18.4 Å². The molecule has 4 rings (SSSR count). The number of amides is 2. The number of carbonyl (C=O) groups excluding carboxylic acids is 2. The fourth-order valence-corrected chi connectivity index (χ4v) is 3.75. The molecule has 2 aliphatic heterocycles. The van der Waals surface area contributed by atoms with Gasteiger partial charge in [-0.15, -0.1) is 0 Å². The van der Waals surface area contributed by atoms with Crippen LogP contribution in [0, 0.1) is 22.5 Å². The minimum Gasteiger partial charge on any atom is -0.442 e. The summed E-state index contributed by atoms with van der Waals surface area (Å²) in [7, 11) is 0. The van der Waals surface area contributed by atoms with Crippen LogP contribution in [0.5, 0.6) is 0 Å². The molecular weight excluding hydrogens is 358 g/mol. The number of anilines is 2. The van der Waals surface area contributed by atoms with Crippen LogP contribution in [0.15, 0.2) is 12.1 Å². The van der Waals surface area contributed by atoms with E-state index < -0.39 is 23.8 Å². The van der Waals surface area contributed by atoms with Crippen LogP contribution < -0.4 is 15.1 Å². The molecule has 3 fully saturated rings. The summed E-state index contributed by atoms with van der Waals surface area (Å²) >= 11 is 0. The number of hydrogen-bond acceptors (Lipinski definition) is 5. The number of nitrogens with one attached hydrogen (secondary N) is 2. The smallest absolute Gasteiger partial charge is 0.414 e. The first-order chi connectivity index (χ1) is 12.8. The van der Waals surface area contributed by atoms with Crippen molar-refractivity contribution < 1.29 is 23.1 Å². The second-order valence-electron chi connectivity index (χ2n) is 7.43. The number of carbonyl (C=O) groups is 2. The molecule has 2 N–H and O–H groups in total. The molecule has 2 amide bonds. The Labute approximate surface area is 154 Å². The number of ether oxygens (including phenoxy) is 1. The summed E-state index contributed by atoms with van der Waals surface area (Å²) in [6.45, 7) is 2.25. The molecule has 1 atom stereocenters. The van der Waals surface area contributed by atoms with Gasteiger partial charge in [-0.25, -0.2) is 13.6 Å². The van der Waals surface area contributed by atoms with Crippen LogP contribution in [0.4, 0.5) is 25.0 Å². The highest BCUT2D eigenvalue weighted by Crippen LogP contribution is 2.51. The Kier molecular flexibility index (Phi) is 4.05. The lowest BCUT2D eigenvalue weighted by molar-refractivity contribution is -0.119. The predicted molar refractivity (Wildman–Crippen MR) is 94.3 cm³/mol. The van der Waals surface area contributed by atoms with Crippen molar-refractivity contribution in [3.05, 3.63) is 23.8 Å². The molecule has 1 spiro atoms. The quantitative estimate of drug-likeness (QED) is 0.840. The summed E-state index contributed by atoms with van der Waals surface area (Å²) < 4.78 is 34.5. The highest BCUT2D eigenvalue weighted by atomic mass is 19.1. The van der Waals surface area contributed by atoms with E-state index in [0.29, 0.717) is 12.3 Å². The van der Waals surface area contributed by atoms with E-state index in [4.69, 9.17) is 10.1 Å². The Morgan fingerprint density at radius 3 is 2.59 bits per heavy atom. The lowest BCUT2D eigenvalue weighted by atomic mass is 10.1. The van der Waals surface area contributed by atoms with Crippen LogP contribution >= 0.6 is 0 Å². The molecule has 1 aliphatic carbocycles. The molecule has 3 aliphatic rings. The van der Waals surface area contributed by atoms with Crippen molar-refractivity contribution in [1.29, 1.82) is 5.41 Å². The SMILES string of the molecule is CC(=O)NC[C@H]1CN(c2cc(F)c(N3CC(=N)C4(CC4)C3)c(F)c2)C(=O)O1. The summed E-state index contributed by atoms with van der Waals surface area (Å²) in [5.74, 6) is -1.79. The molecule has 144 valence electrons. The zero-order valence-corrected chi connectivity index (χ0v) is 14.8. The Bertz CT molecular complexity index is 817. The van der Waals surface area contributed by atoms with Gasteiger partial charge in [0.2, 0.25) is 5.91 Å². The van der Waals surface area contributed by atoms with Crippen molar-refractivity contribution in [3.8, 4) is 0 Å². The largest absolute Gasteiger partial charge is 0.442 e. The topological polar surface area (TPSA) is 85.7 Å². The van der Waals surface area contributed by atoms with Crippen molar-refractivity contribution in [3.63, 3.8) is 0 Å². The first-order valence-corrected chi connectivity index (χ1v) is 8.83.